The van der Waals surface area contributed by atoms with Crippen molar-refractivity contribution in [3.05, 3.63) is 70.0 Å². The fourth-order valence-electron chi connectivity index (χ4n) is 2.61. The van der Waals surface area contributed by atoms with Gasteiger partial charge in [0.15, 0.2) is 0 Å². The van der Waals surface area contributed by atoms with Gasteiger partial charge in [-0.15, -0.1) is 11.6 Å². The van der Waals surface area contributed by atoms with Gasteiger partial charge in [0.25, 0.3) is 0 Å². The summed E-state index contributed by atoms with van der Waals surface area (Å²) in [5, 5.41) is 0.688. The normalized spacial score (nSPS) is 21.9. The standard InChI is InChI=1S/C15H11Cl2F/c16-10-3-6-12-13(8-15(17)14(12)7-10)9-1-4-11(18)5-2-9/h1-7,13,15H,8H2. The van der Waals surface area contributed by atoms with Crippen LogP contribution in [0.1, 0.15) is 34.4 Å². The minimum absolute atomic E-state index is 0.0197. The average Bonchev–Trinajstić information content (AvgIpc) is 2.68. The summed E-state index contributed by atoms with van der Waals surface area (Å²) in [5.41, 5.74) is 3.40. The molecule has 2 atom stereocenters. The van der Waals surface area contributed by atoms with Gasteiger partial charge in [-0.3, -0.25) is 0 Å². The molecular formula is C15H11Cl2F. The predicted octanol–water partition coefficient (Wildman–Crippen LogP) is 5.29. The van der Waals surface area contributed by atoms with Crippen LogP contribution in [0.4, 0.5) is 4.39 Å². The summed E-state index contributed by atoms with van der Waals surface area (Å²) < 4.78 is 13.0. The topological polar surface area (TPSA) is 0 Å². The summed E-state index contributed by atoms with van der Waals surface area (Å²) in [6.45, 7) is 0. The summed E-state index contributed by atoms with van der Waals surface area (Å²) in [5.74, 6) is 0.0240. The molecule has 0 N–H and O–H groups in total. The lowest BCUT2D eigenvalue weighted by atomic mass is 9.93. The number of hydrogen-bond acceptors (Lipinski definition) is 0. The van der Waals surface area contributed by atoms with Crippen LogP contribution in [0.3, 0.4) is 0 Å². The molecule has 3 heteroatoms. The van der Waals surface area contributed by atoms with Gasteiger partial charge in [-0.05, 0) is 47.4 Å². The van der Waals surface area contributed by atoms with Crippen molar-refractivity contribution in [2.24, 2.45) is 0 Å². The first-order valence-electron chi connectivity index (χ1n) is 5.84. The highest BCUT2D eigenvalue weighted by Gasteiger charge is 2.30. The summed E-state index contributed by atoms with van der Waals surface area (Å²) in [6, 6.07) is 12.5. The molecule has 18 heavy (non-hydrogen) atoms. The molecule has 0 nitrogen and oxygen atoms in total. The molecule has 0 amide bonds. The van der Waals surface area contributed by atoms with E-state index in [-0.39, 0.29) is 17.1 Å². The maximum atomic E-state index is 13.0. The first-order chi connectivity index (χ1) is 8.65. The van der Waals surface area contributed by atoms with Crippen molar-refractivity contribution < 1.29 is 4.39 Å². The lowest BCUT2D eigenvalue weighted by Gasteiger charge is -2.11. The largest absolute Gasteiger partial charge is 0.207 e. The van der Waals surface area contributed by atoms with Crippen molar-refractivity contribution in [1.29, 1.82) is 0 Å². The van der Waals surface area contributed by atoms with E-state index in [1.165, 1.54) is 17.7 Å². The smallest absolute Gasteiger partial charge is 0.123 e. The van der Waals surface area contributed by atoms with Crippen LogP contribution in [-0.4, -0.2) is 0 Å². The van der Waals surface area contributed by atoms with Gasteiger partial charge in [-0.1, -0.05) is 29.8 Å². The molecule has 2 aromatic rings. The van der Waals surface area contributed by atoms with Crippen molar-refractivity contribution in [1.82, 2.24) is 0 Å². The third kappa shape index (κ3) is 2.02. The third-order valence-electron chi connectivity index (χ3n) is 3.48. The molecule has 92 valence electrons. The maximum Gasteiger partial charge on any atom is 0.123 e. The highest BCUT2D eigenvalue weighted by molar-refractivity contribution is 6.31. The number of hydrogen-bond donors (Lipinski definition) is 0. The predicted molar refractivity (Wildman–Crippen MR) is 72.9 cm³/mol. The number of alkyl halides is 1. The average molecular weight is 281 g/mol. The fourth-order valence-corrected chi connectivity index (χ4v) is 3.15. The monoisotopic (exact) mass is 280 g/mol. The van der Waals surface area contributed by atoms with Crippen LogP contribution in [-0.2, 0) is 0 Å². The first kappa shape index (κ1) is 12.0. The minimum atomic E-state index is -0.212. The Bertz CT molecular complexity index is 578. The van der Waals surface area contributed by atoms with Crippen LogP contribution >= 0.6 is 23.2 Å². The van der Waals surface area contributed by atoms with Gasteiger partial charge < -0.3 is 0 Å². The van der Waals surface area contributed by atoms with Crippen molar-refractivity contribution in [3.8, 4) is 0 Å². The Morgan fingerprint density at radius 3 is 2.44 bits per heavy atom. The highest BCUT2D eigenvalue weighted by atomic mass is 35.5. The van der Waals surface area contributed by atoms with E-state index in [0.717, 1.165) is 17.5 Å². The Hall–Kier alpha value is -1.05. The van der Waals surface area contributed by atoms with Gasteiger partial charge in [0.2, 0.25) is 0 Å². The van der Waals surface area contributed by atoms with E-state index in [9.17, 15) is 4.39 Å². The number of rotatable bonds is 1. The second-order valence-corrected chi connectivity index (χ2v) is 5.54. The third-order valence-corrected chi connectivity index (χ3v) is 4.13. The van der Waals surface area contributed by atoms with Gasteiger partial charge in [0, 0.05) is 10.9 Å². The summed E-state index contributed by atoms with van der Waals surface area (Å²) in [4.78, 5) is 0. The summed E-state index contributed by atoms with van der Waals surface area (Å²) in [6.07, 6.45) is 0.836. The van der Waals surface area contributed by atoms with Crippen LogP contribution in [0, 0.1) is 5.82 Å². The van der Waals surface area contributed by atoms with E-state index in [4.69, 9.17) is 23.2 Å². The first-order valence-corrected chi connectivity index (χ1v) is 6.65. The highest BCUT2D eigenvalue weighted by Crippen LogP contribution is 2.47. The Kier molecular flexibility index (Phi) is 3.04. The zero-order valence-electron chi connectivity index (χ0n) is 9.54. The lowest BCUT2D eigenvalue weighted by Crippen LogP contribution is -1.96. The van der Waals surface area contributed by atoms with Gasteiger partial charge in [-0.2, -0.15) is 0 Å². The van der Waals surface area contributed by atoms with Crippen LogP contribution in [0.5, 0.6) is 0 Å². The molecule has 2 unspecified atom stereocenters. The van der Waals surface area contributed by atoms with E-state index in [2.05, 4.69) is 0 Å². The zero-order valence-corrected chi connectivity index (χ0v) is 11.0. The molecule has 0 aromatic heterocycles. The van der Waals surface area contributed by atoms with E-state index < -0.39 is 0 Å². The fraction of sp³-hybridized carbons (Fsp3) is 0.200. The van der Waals surface area contributed by atoms with Gasteiger partial charge in [0.05, 0.1) is 5.38 Å². The molecule has 0 radical (unpaired) electrons. The molecule has 1 aliphatic rings. The van der Waals surface area contributed by atoms with E-state index >= 15 is 0 Å². The molecule has 2 aromatic carbocycles. The van der Waals surface area contributed by atoms with Crippen molar-refractivity contribution >= 4 is 23.2 Å². The number of fused-ring (bicyclic) bond motifs is 1. The summed E-state index contributed by atoms with van der Waals surface area (Å²) >= 11 is 12.4. The van der Waals surface area contributed by atoms with Crippen LogP contribution in [0.15, 0.2) is 42.5 Å². The Labute approximate surface area is 115 Å². The number of halogens is 3. The Morgan fingerprint density at radius 2 is 1.72 bits per heavy atom. The molecule has 0 saturated carbocycles. The van der Waals surface area contributed by atoms with Crippen molar-refractivity contribution in [2.75, 3.05) is 0 Å². The van der Waals surface area contributed by atoms with Crippen molar-refractivity contribution in [3.63, 3.8) is 0 Å². The second-order valence-electron chi connectivity index (χ2n) is 4.58. The van der Waals surface area contributed by atoms with Gasteiger partial charge in [0.1, 0.15) is 5.82 Å². The van der Waals surface area contributed by atoms with E-state index in [1.807, 2.05) is 30.3 Å². The van der Waals surface area contributed by atoms with Crippen LogP contribution in [0.2, 0.25) is 5.02 Å². The molecule has 0 heterocycles. The minimum Gasteiger partial charge on any atom is -0.207 e. The van der Waals surface area contributed by atoms with Gasteiger partial charge >= 0.3 is 0 Å². The van der Waals surface area contributed by atoms with E-state index in [1.54, 1.807) is 0 Å². The maximum absolute atomic E-state index is 13.0. The van der Waals surface area contributed by atoms with Crippen LogP contribution in [0.25, 0.3) is 0 Å². The lowest BCUT2D eigenvalue weighted by molar-refractivity contribution is 0.626. The second kappa shape index (κ2) is 4.56. The Morgan fingerprint density at radius 1 is 1.00 bits per heavy atom. The molecule has 1 aliphatic carbocycles. The van der Waals surface area contributed by atoms with Crippen molar-refractivity contribution in [2.45, 2.75) is 17.7 Å². The van der Waals surface area contributed by atoms with Gasteiger partial charge in [-0.25, -0.2) is 4.39 Å². The number of benzene rings is 2. The molecule has 0 bridgehead atoms. The molecule has 3 rings (SSSR count). The SMILES string of the molecule is Fc1ccc(C2CC(Cl)c3cc(Cl)ccc32)cc1. The zero-order chi connectivity index (χ0) is 12.7. The van der Waals surface area contributed by atoms with Crippen LogP contribution < -0.4 is 0 Å². The molecule has 0 saturated heterocycles. The quantitative estimate of drug-likeness (QED) is 0.623. The molecule has 0 fully saturated rings. The molecule has 0 aliphatic heterocycles. The molecular weight excluding hydrogens is 270 g/mol. The Balaban J connectivity index is 2.05. The summed E-state index contributed by atoms with van der Waals surface area (Å²) in [7, 11) is 0. The van der Waals surface area contributed by atoms with E-state index in [0.29, 0.717) is 5.02 Å². The molecule has 0 spiro atoms.